The number of carbonyl (C=O) groups excluding carboxylic acids is 2. The Morgan fingerprint density at radius 2 is 2.06 bits per heavy atom. The van der Waals surface area contributed by atoms with Gasteiger partial charge in [0, 0.05) is 7.05 Å². The van der Waals surface area contributed by atoms with E-state index < -0.39 is 11.8 Å². The van der Waals surface area contributed by atoms with Crippen molar-refractivity contribution in [3.05, 3.63) is 11.4 Å². The fraction of sp³-hybridized carbons (Fsp3) is 0.500. The van der Waals surface area contributed by atoms with Gasteiger partial charge < -0.3 is 16.4 Å². The Morgan fingerprint density at radius 3 is 2.47 bits per heavy atom. The van der Waals surface area contributed by atoms with Crippen molar-refractivity contribution < 1.29 is 9.59 Å². The molecule has 0 aliphatic carbocycles. The number of hydrogen-bond donors (Lipinski definition) is 3. The van der Waals surface area contributed by atoms with E-state index in [2.05, 4.69) is 10.2 Å². The molecule has 17 heavy (non-hydrogen) atoms. The van der Waals surface area contributed by atoms with Crippen molar-refractivity contribution in [3.8, 4) is 0 Å². The van der Waals surface area contributed by atoms with E-state index in [9.17, 15) is 9.59 Å². The van der Waals surface area contributed by atoms with Crippen molar-refractivity contribution in [3.63, 3.8) is 0 Å². The van der Waals surface area contributed by atoms with E-state index in [1.165, 1.54) is 11.9 Å². The number of aromatic amines is 1. The van der Waals surface area contributed by atoms with E-state index in [0.29, 0.717) is 11.4 Å². The highest BCUT2D eigenvalue weighted by Crippen LogP contribution is 2.22. The maximum Gasteiger partial charge on any atom is 0.276 e. The van der Waals surface area contributed by atoms with Gasteiger partial charge in [-0.25, -0.2) is 0 Å². The van der Waals surface area contributed by atoms with Gasteiger partial charge in [0.1, 0.15) is 0 Å². The quantitative estimate of drug-likeness (QED) is 0.666. The number of amides is 2. The van der Waals surface area contributed by atoms with E-state index in [1.807, 2.05) is 13.8 Å². The van der Waals surface area contributed by atoms with Gasteiger partial charge in [-0.1, -0.05) is 13.8 Å². The van der Waals surface area contributed by atoms with E-state index in [4.69, 9.17) is 11.5 Å². The Bertz CT molecular complexity index is 438. The lowest BCUT2D eigenvalue weighted by Crippen LogP contribution is -2.35. The number of hydrogen-bond acceptors (Lipinski definition) is 4. The summed E-state index contributed by atoms with van der Waals surface area (Å²) in [5.41, 5.74) is 12.0. The van der Waals surface area contributed by atoms with Crippen LogP contribution in [0.4, 0.5) is 5.69 Å². The van der Waals surface area contributed by atoms with Crippen molar-refractivity contribution in [1.29, 1.82) is 0 Å². The lowest BCUT2D eigenvalue weighted by molar-refractivity contribution is -0.118. The second-order valence-electron chi connectivity index (χ2n) is 4.18. The number of likely N-dealkylation sites (N-methyl/N-ethyl adjacent to an activating group) is 1. The Hall–Kier alpha value is -2.05. The van der Waals surface area contributed by atoms with Crippen molar-refractivity contribution in [2.75, 3.05) is 19.3 Å². The molecule has 0 saturated carbocycles. The number of carbonyl (C=O) groups is 2. The fourth-order valence-corrected chi connectivity index (χ4v) is 1.45. The monoisotopic (exact) mass is 239 g/mol. The molecule has 0 aromatic carbocycles. The van der Waals surface area contributed by atoms with Crippen molar-refractivity contribution in [2.45, 2.75) is 19.8 Å². The van der Waals surface area contributed by atoms with Gasteiger partial charge in [0.25, 0.3) is 5.91 Å². The van der Waals surface area contributed by atoms with Crippen molar-refractivity contribution in [2.24, 2.45) is 5.73 Å². The third-order valence-electron chi connectivity index (χ3n) is 2.35. The lowest BCUT2D eigenvalue weighted by atomic mass is 10.1. The molecule has 0 spiro atoms. The number of nitrogens with one attached hydrogen (secondary N) is 1. The van der Waals surface area contributed by atoms with E-state index in [0.717, 1.165) is 0 Å². The molecule has 1 aromatic rings. The molecule has 0 aliphatic rings. The molecule has 0 unspecified atom stereocenters. The number of nitrogens with two attached hydrogens (primary N) is 2. The largest absolute Gasteiger partial charge is 0.395 e. The van der Waals surface area contributed by atoms with Gasteiger partial charge in [-0.05, 0) is 5.92 Å². The summed E-state index contributed by atoms with van der Waals surface area (Å²) in [5.74, 6) is -0.867. The molecule has 0 aliphatic heterocycles. The zero-order valence-corrected chi connectivity index (χ0v) is 10.2. The van der Waals surface area contributed by atoms with Crippen LogP contribution < -0.4 is 11.5 Å². The lowest BCUT2D eigenvalue weighted by Gasteiger charge is -2.13. The van der Waals surface area contributed by atoms with Gasteiger partial charge in [0.2, 0.25) is 5.91 Å². The van der Waals surface area contributed by atoms with Crippen LogP contribution in [0.1, 0.15) is 35.9 Å². The molecule has 1 rings (SSSR count). The molecule has 94 valence electrons. The van der Waals surface area contributed by atoms with Gasteiger partial charge in [0.05, 0.1) is 17.9 Å². The maximum absolute atomic E-state index is 11.9. The third kappa shape index (κ3) is 2.74. The molecule has 0 atom stereocenters. The Labute approximate surface area is 99.1 Å². The average molecular weight is 239 g/mol. The van der Waals surface area contributed by atoms with Crippen molar-refractivity contribution in [1.82, 2.24) is 15.1 Å². The minimum Gasteiger partial charge on any atom is -0.395 e. The van der Waals surface area contributed by atoms with Crippen LogP contribution in [0.2, 0.25) is 0 Å². The molecule has 0 radical (unpaired) electrons. The van der Waals surface area contributed by atoms with Gasteiger partial charge in [0.15, 0.2) is 5.69 Å². The summed E-state index contributed by atoms with van der Waals surface area (Å²) in [5, 5.41) is 6.60. The molecular weight excluding hydrogens is 222 g/mol. The van der Waals surface area contributed by atoms with E-state index in [-0.39, 0.29) is 18.2 Å². The van der Waals surface area contributed by atoms with Crippen LogP contribution in [0.3, 0.4) is 0 Å². The van der Waals surface area contributed by atoms with Gasteiger partial charge in [-0.3, -0.25) is 14.7 Å². The smallest absolute Gasteiger partial charge is 0.276 e. The normalized spacial score (nSPS) is 10.6. The van der Waals surface area contributed by atoms with Crippen LogP contribution in [0.25, 0.3) is 0 Å². The molecule has 7 nitrogen and oxygen atoms in total. The molecule has 5 N–H and O–H groups in total. The van der Waals surface area contributed by atoms with Gasteiger partial charge in [-0.2, -0.15) is 5.10 Å². The summed E-state index contributed by atoms with van der Waals surface area (Å²) in [6, 6.07) is 0. The maximum atomic E-state index is 11.9. The highest BCUT2D eigenvalue weighted by molar-refractivity contribution is 5.99. The number of aromatic nitrogens is 2. The molecule has 0 bridgehead atoms. The third-order valence-corrected chi connectivity index (χ3v) is 2.35. The van der Waals surface area contributed by atoms with Crippen LogP contribution in [0, 0.1) is 0 Å². The van der Waals surface area contributed by atoms with Gasteiger partial charge in [-0.15, -0.1) is 0 Å². The minimum absolute atomic E-state index is 0.123. The van der Waals surface area contributed by atoms with Crippen LogP contribution in [-0.2, 0) is 4.79 Å². The zero-order valence-electron chi connectivity index (χ0n) is 10.2. The molecule has 1 aromatic heterocycles. The summed E-state index contributed by atoms with van der Waals surface area (Å²) in [6.45, 7) is 3.71. The summed E-state index contributed by atoms with van der Waals surface area (Å²) in [6.07, 6.45) is 0. The topological polar surface area (TPSA) is 118 Å². The predicted molar refractivity (Wildman–Crippen MR) is 63.2 cm³/mol. The summed E-state index contributed by atoms with van der Waals surface area (Å²) in [4.78, 5) is 23.8. The fourth-order valence-electron chi connectivity index (χ4n) is 1.45. The minimum atomic E-state index is -0.584. The molecule has 0 fully saturated rings. The van der Waals surface area contributed by atoms with Crippen LogP contribution in [-0.4, -0.2) is 40.5 Å². The second kappa shape index (κ2) is 4.86. The number of rotatable bonds is 4. The first-order chi connectivity index (χ1) is 7.84. The number of nitrogens with zero attached hydrogens (tertiary/aromatic N) is 2. The molecule has 1 heterocycles. The highest BCUT2D eigenvalue weighted by atomic mass is 16.2. The number of anilines is 1. The van der Waals surface area contributed by atoms with Gasteiger partial charge >= 0.3 is 0 Å². The molecule has 7 heteroatoms. The Morgan fingerprint density at radius 1 is 1.47 bits per heavy atom. The van der Waals surface area contributed by atoms with E-state index >= 15 is 0 Å². The molecule has 0 saturated heterocycles. The van der Waals surface area contributed by atoms with E-state index in [1.54, 1.807) is 0 Å². The summed E-state index contributed by atoms with van der Waals surface area (Å²) < 4.78 is 0. The Balaban J connectivity index is 2.93. The first-order valence-corrected chi connectivity index (χ1v) is 5.22. The van der Waals surface area contributed by atoms with Crippen LogP contribution >= 0.6 is 0 Å². The molecular formula is C10H17N5O2. The molecule has 2 amide bonds. The van der Waals surface area contributed by atoms with Crippen molar-refractivity contribution >= 4 is 17.5 Å². The zero-order chi connectivity index (χ0) is 13.2. The summed E-state index contributed by atoms with van der Waals surface area (Å²) >= 11 is 0. The Kier molecular flexibility index (Phi) is 3.72. The first kappa shape index (κ1) is 13.0. The number of nitrogen functional groups attached to an aromatic ring is 1. The number of H-pyrrole nitrogens is 1. The SMILES string of the molecule is CC(C)c1[nH]nc(C(=O)N(C)CC(N)=O)c1N. The highest BCUT2D eigenvalue weighted by Gasteiger charge is 2.22. The summed E-state index contributed by atoms with van der Waals surface area (Å²) in [7, 11) is 1.47. The average Bonchev–Trinajstić information content (AvgIpc) is 2.57. The van der Waals surface area contributed by atoms with Crippen LogP contribution in [0.5, 0.6) is 0 Å². The predicted octanol–water partition coefficient (Wildman–Crippen LogP) is -0.327. The van der Waals surface area contributed by atoms with Crippen LogP contribution in [0.15, 0.2) is 0 Å². The second-order valence-corrected chi connectivity index (χ2v) is 4.18. The number of primary amides is 1. The first-order valence-electron chi connectivity index (χ1n) is 5.22. The standard InChI is InChI=1S/C10H17N5O2/c1-5(2)8-7(12)9(14-13-8)10(17)15(3)4-6(11)16/h5H,4,12H2,1-3H3,(H2,11,16)(H,13,14).